The zero-order valence-electron chi connectivity index (χ0n) is 17.1. The number of rotatable bonds is 9. The van der Waals surface area contributed by atoms with Gasteiger partial charge in [-0.2, -0.15) is 0 Å². The molecule has 0 fully saturated rings. The minimum Gasteiger partial charge on any atom is -0.352 e. The van der Waals surface area contributed by atoms with Crippen LogP contribution in [0, 0.1) is 0 Å². The summed E-state index contributed by atoms with van der Waals surface area (Å²) in [4.78, 5) is 27.4. The molecular formula is C23H28Cl2N2O2. The van der Waals surface area contributed by atoms with Gasteiger partial charge < -0.3 is 10.2 Å². The van der Waals surface area contributed by atoms with Crippen LogP contribution in [0.2, 0.25) is 10.0 Å². The van der Waals surface area contributed by atoms with E-state index >= 15 is 0 Å². The summed E-state index contributed by atoms with van der Waals surface area (Å²) in [6.07, 6.45) is 1.72. The number of amides is 2. The molecule has 156 valence electrons. The van der Waals surface area contributed by atoms with Gasteiger partial charge in [0.15, 0.2) is 0 Å². The first kappa shape index (κ1) is 23.2. The number of aryl methyl sites for hydroxylation is 1. The van der Waals surface area contributed by atoms with Crippen molar-refractivity contribution in [1.82, 2.24) is 10.2 Å². The summed E-state index contributed by atoms with van der Waals surface area (Å²) in [5, 5.41) is 3.91. The third kappa shape index (κ3) is 6.76. The predicted octanol–water partition coefficient (Wildman–Crippen LogP) is 5.26. The van der Waals surface area contributed by atoms with Crippen molar-refractivity contribution in [3.05, 3.63) is 69.7 Å². The largest absolute Gasteiger partial charge is 0.352 e. The lowest BCUT2D eigenvalue weighted by Gasteiger charge is -2.30. The van der Waals surface area contributed by atoms with Crippen molar-refractivity contribution < 1.29 is 9.59 Å². The SMILES string of the molecule is CC[C@@H](C)NC(=O)[C@@H](C)N(Cc1c(Cl)cccc1Cl)C(=O)CCc1ccccc1. The number of benzene rings is 2. The Morgan fingerprint density at radius 3 is 2.21 bits per heavy atom. The molecule has 0 saturated heterocycles. The van der Waals surface area contributed by atoms with Crippen LogP contribution in [-0.4, -0.2) is 28.8 Å². The molecule has 2 atom stereocenters. The second-order valence-corrected chi connectivity index (χ2v) is 8.02. The average molecular weight is 435 g/mol. The summed E-state index contributed by atoms with van der Waals surface area (Å²) in [6, 6.07) is 14.4. The maximum absolute atomic E-state index is 13.1. The minimum atomic E-state index is -0.639. The Morgan fingerprint density at radius 2 is 1.62 bits per heavy atom. The van der Waals surface area contributed by atoms with Crippen LogP contribution < -0.4 is 5.32 Å². The topological polar surface area (TPSA) is 49.4 Å². The van der Waals surface area contributed by atoms with Crippen LogP contribution in [-0.2, 0) is 22.6 Å². The molecule has 0 aromatic heterocycles. The molecule has 0 aliphatic rings. The Hall–Kier alpha value is -2.04. The number of halogens is 2. The highest BCUT2D eigenvalue weighted by Crippen LogP contribution is 2.27. The van der Waals surface area contributed by atoms with Crippen molar-refractivity contribution in [3.63, 3.8) is 0 Å². The summed E-state index contributed by atoms with van der Waals surface area (Å²) >= 11 is 12.6. The van der Waals surface area contributed by atoms with Gasteiger partial charge in [-0.25, -0.2) is 0 Å². The lowest BCUT2D eigenvalue weighted by molar-refractivity contribution is -0.140. The van der Waals surface area contributed by atoms with E-state index < -0.39 is 6.04 Å². The van der Waals surface area contributed by atoms with Crippen LogP contribution in [0.3, 0.4) is 0 Å². The molecule has 0 radical (unpaired) electrons. The number of carbonyl (C=O) groups excluding carboxylic acids is 2. The molecule has 0 aliphatic heterocycles. The third-order valence-corrected chi connectivity index (χ3v) is 5.74. The molecule has 4 nitrogen and oxygen atoms in total. The lowest BCUT2D eigenvalue weighted by atomic mass is 10.1. The second kappa shape index (κ2) is 11.2. The molecule has 2 aromatic rings. The van der Waals surface area contributed by atoms with Crippen molar-refractivity contribution >= 4 is 35.0 Å². The smallest absolute Gasteiger partial charge is 0.242 e. The Labute approximate surface area is 183 Å². The van der Waals surface area contributed by atoms with E-state index in [9.17, 15) is 9.59 Å². The van der Waals surface area contributed by atoms with Gasteiger partial charge in [-0.1, -0.05) is 66.5 Å². The van der Waals surface area contributed by atoms with Crippen LogP contribution >= 0.6 is 23.2 Å². The highest BCUT2D eigenvalue weighted by atomic mass is 35.5. The number of hydrogen-bond acceptors (Lipinski definition) is 2. The van der Waals surface area contributed by atoms with Crippen molar-refractivity contribution in [2.75, 3.05) is 0 Å². The summed E-state index contributed by atoms with van der Waals surface area (Å²) in [5.41, 5.74) is 1.72. The molecule has 0 bridgehead atoms. The van der Waals surface area contributed by atoms with Crippen LogP contribution in [0.5, 0.6) is 0 Å². The summed E-state index contributed by atoms with van der Waals surface area (Å²) in [7, 11) is 0. The maximum Gasteiger partial charge on any atom is 0.242 e. The van der Waals surface area contributed by atoms with Gasteiger partial charge >= 0.3 is 0 Å². The van der Waals surface area contributed by atoms with E-state index in [0.29, 0.717) is 28.5 Å². The quantitative estimate of drug-likeness (QED) is 0.584. The molecule has 0 unspecified atom stereocenters. The monoisotopic (exact) mass is 434 g/mol. The maximum atomic E-state index is 13.1. The van der Waals surface area contributed by atoms with Gasteiger partial charge in [0.1, 0.15) is 6.04 Å². The summed E-state index contributed by atoms with van der Waals surface area (Å²) < 4.78 is 0. The number of nitrogens with zero attached hydrogens (tertiary/aromatic N) is 1. The second-order valence-electron chi connectivity index (χ2n) is 7.20. The Balaban J connectivity index is 2.21. The van der Waals surface area contributed by atoms with E-state index in [1.165, 1.54) is 0 Å². The minimum absolute atomic E-state index is 0.0372. The third-order valence-electron chi connectivity index (χ3n) is 5.03. The van der Waals surface area contributed by atoms with Gasteiger partial charge in [0.2, 0.25) is 11.8 Å². The molecule has 0 aliphatic carbocycles. The van der Waals surface area contributed by atoms with Crippen molar-refractivity contribution in [3.8, 4) is 0 Å². The molecule has 2 rings (SSSR count). The fraction of sp³-hybridized carbons (Fsp3) is 0.391. The van der Waals surface area contributed by atoms with E-state index in [1.54, 1.807) is 30.0 Å². The zero-order chi connectivity index (χ0) is 21.4. The fourth-order valence-electron chi connectivity index (χ4n) is 2.94. The first-order valence-corrected chi connectivity index (χ1v) is 10.7. The number of hydrogen-bond donors (Lipinski definition) is 1. The van der Waals surface area contributed by atoms with E-state index in [1.807, 2.05) is 44.2 Å². The standard InChI is InChI=1S/C23H28Cl2N2O2/c1-4-16(2)26-23(29)17(3)27(15-19-20(24)11-8-12-21(19)25)22(28)14-13-18-9-6-5-7-10-18/h5-12,16-17H,4,13-15H2,1-3H3,(H,26,29)/t16-,17-/m1/s1. The van der Waals surface area contributed by atoms with Gasteiger partial charge in [0.05, 0.1) is 0 Å². The number of nitrogens with one attached hydrogen (secondary N) is 1. The number of carbonyl (C=O) groups is 2. The fourth-order valence-corrected chi connectivity index (χ4v) is 3.46. The van der Waals surface area contributed by atoms with Gasteiger partial charge in [-0.15, -0.1) is 0 Å². The van der Waals surface area contributed by atoms with Crippen LogP contribution in [0.1, 0.15) is 44.7 Å². The van der Waals surface area contributed by atoms with E-state index in [-0.39, 0.29) is 24.4 Å². The highest BCUT2D eigenvalue weighted by Gasteiger charge is 2.27. The molecule has 6 heteroatoms. The highest BCUT2D eigenvalue weighted by molar-refractivity contribution is 6.36. The van der Waals surface area contributed by atoms with E-state index in [2.05, 4.69) is 5.32 Å². The lowest BCUT2D eigenvalue weighted by Crippen LogP contribution is -2.49. The van der Waals surface area contributed by atoms with Gasteiger partial charge in [0.25, 0.3) is 0 Å². The molecule has 0 spiro atoms. The first-order valence-electron chi connectivity index (χ1n) is 9.90. The Bertz CT molecular complexity index is 807. The Kier molecular flexibility index (Phi) is 8.99. The normalized spacial score (nSPS) is 12.9. The van der Waals surface area contributed by atoms with Crippen molar-refractivity contribution in [2.45, 2.75) is 58.7 Å². The first-order chi connectivity index (χ1) is 13.8. The molecule has 2 aromatic carbocycles. The molecule has 0 heterocycles. The van der Waals surface area contributed by atoms with Crippen molar-refractivity contribution in [2.24, 2.45) is 0 Å². The molecule has 0 saturated carbocycles. The van der Waals surface area contributed by atoms with Crippen molar-refractivity contribution in [1.29, 1.82) is 0 Å². The zero-order valence-corrected chi connectivity index (χ0v) is 18.6. The predicted molar refractivity (Wildman–Crippen MR) is 119 cm³/mol. The summed E-state index contributed by atoms with van der Waals surface area (Å²) in [5.74, 6) is -0.299. The van der Waals surface area contributed by atoms with Crippen LogP contribution in [0.15, 0.2) is 48.5 Å². The summed E-state index contributed by atoms with van der Waals surface area (Å²) in [6.45, 7) is 5.86. The van der Waals surface area contributed by atoms with Gasteiger partial charge in [-0.3, -0.25) is 9.59 Å². The molecular weight excluding hydrogens is 407 g/mol. The van der Waals surface area contributed by atoms with Gasteiger partial charge in [0, 0.05) is 34.6 Å². The van der Waals surface area contributed by atoms with Gasteiger partial charge in [-0.05, 0) is 44.4 Å². The molecule has 1 N–H and O–H groups in total. The Morgan fingerprint density at radius 1 is 1.00 bits per heavy atom. The average Bonchev–Trinajstić information content (AvgIpc) is 2.72. The van der Waals surface area contributed by atoms with Crippen LogP contribution in [0.25, 0.3) is 0 Å². The molecule has 29 heavy (non-hydrogen) atoms. The van der Waals surface area contributed by atoms with Crippen LogP contribution in [0.4, 0.5) is 0 Å². The molecule has 2 amide bonds. The van der Waals surface area contributed by atoms with E-state index in [0.717, 1.165) is 12.0 Å². The van der Waals surface area contributed by atoms with E-state index in [4.69, 9.17) is 23.2 Å².